The Morgan fingerprint density at radius 3 is 3.18 bits per heavy atom. The summed E-state index contributed by atoms with van der Waals surface area (Å²) in [5.41, 5.74) is 1.04. The van der Waals surface area contributed by atoms with Crippen molar-refractivity contribution in [2.75, 3.05) is 24.5 Å². The molecule has 0 radical (unpaired) electrons. The summed E-state index contributed by atoms with van der Waals surface area (Å²) in [6, 6.07) is 2.54. The van der Waals surface area contributed by atoms with Crippen LogP contribution >= 0.6 is 0 Å². The normalized spacial score (nSPS) is 20.6. The Kier molecular flexibility index (Phi) is 4.31. The molecule has 4 nitrogen and oxygen atoms in total. The van der Waals surface area contributed by atoms with E-state index < -0.39 is 0 Å². The lowest BCUT2D eigenvalue weighted by molar-refractivity contribution is 0.420. The molecular weight excluding hydrogens is 212 g/mol. The number of aromatic nitrogens is 2. The summed E-state index contributed by atoms with van der Waals surface area (Å²) < 4.78 is 0. The van der Waals surface area contributed by atoms with Gasteiger partial charge in [0.05, 0.1) is 0 Å². The molecule has 0 spiro atoms. The highest BCUT2D eigenvalue weighted by atomic mass is 15.3. The van der Waals surface area contributed by atoms with E-state index in [4.69, 9.17) is 0 Å². The highest BCUT2D eigenvalue weighted by Gasteiger charge is 2.20. The topological polar surface area (TPSA) is 41.0 Å². The van der Waals surface area contributed by atoms with Gasteiger partial charge in [0.1, 0.15) is 0 Å². The van der Waals surface area contributed by atoms with Crippen LogP contribution in [0.2, 0.25) is 0 Å². The number of anilines is 1. The molecule has 1 aliphatic rings. The maximum Gasteiger partial charge on any atom is 0.225 e. The molecule has 17 heavy (non-hydrogen) atoms. The third kappa shape index (κ3) is 3.40. The van der Waals surface area contributed by atoms with Crippen LogP contribution in [0.25, 0.3) is 0 Å². The van der Waals surface area contributed by atoms with Crippen molar-refractivity contribution in [3.8, 4) is 0 Å². The Bertz CT molecular complexity index is 353. The second-order valence-corrected chi connectivity index (χ2v) is 4.74. The van der Waals surface area contributed by atoms with Crippen molar-refractivity contribution in [2.45, 2.75) is 39.2 Å². The molecule has 1 N–H and O–H groups in total. The van der Waals surface area contributed by atoms with Crippen molar-refractivity contribution in [3.05, 3.63) is 18.0 Å². The van der Waals surface area contributed by atoms with Crippen molar-refractivity contribution in [1.29, 1.82) is 0 Å². The molecule has 0 amide bonds. The Balaban J connectivity index is 1.97. The monoisotopic (exact) mass is 234 g/mol. The minimum Gasteiger partial charge on any atom is -0.339 e. The van der Waals surface area contributed by atoms with Crippen molar-refractivity contribution >= 4 is 5.95 Å². The van der Waals surface area contributed by atoms with Gasteiger partial charge in [-0.3, -0.25) is 0 Å². The van der Waals surface area contributed by atoms with Gasteiger partial charge in [-0.2, -0.15) is 0 Å². The minimum atomic E-state index is 0.591. The fourth-order valence-electron chi connectivity index (χ4n) is 2.26. The molecule has 94 valence electrons. The van der Waals surface area contributed by atoms with Crippen LogP contribution in [-0.4, -0.2) is 35.6 Å². The largest absolute Gasteiger partial charge is 0.339 e. The van der Waals surface area contributed by atoms with E-state index in [2.05, 4.69) is 27.1 Å². The van der Waals surface area contributed by atoms with Crippen molar-refractivity contribution in [3.63, 3.8) is 0 Å². The van der Waals surface area contributed by atoms with Gasteiger partial charge in [-0.1, -0.05) is 6.92 Å². The van der Waals surface area contributed by atoms with Crippen LogP contribution in [0.5, 0.6) is 0 Å². The van der Waals surface area contributed by atoms with Crippen LogP contribution < -0.4 is 10.2 Å². The summed E-state index contributed by atoms with van der Waals surface area (Å²) in [6.07, 6.45) is 5.53. The Morgan fingerprint density at radius 1 is 1.53 bits per heavy atom. The Labute approximate surface area is 103 Å². The lowest BCUT2D eigenvalue weighted by Gasteiger charge is -2.33. The van der Waals surface area contributed by atoms with Gasteiger partial charge in [0, 0.05) is 31.0 Å². The predicted molar refractivity (Wildman–Crippen MR) is 70.3 cm³/mol. The summed E-state index contributed by atoms with van der Waals surface area (Å²) >= 11 is 0. The molecule has 1 aromatic heterocycles. The van der Waals surface area contributed by atoms with E-state index in [1.165, 1.54) is 19.3 Å². The molecule has 1 fully saturated rings. The van der Waals surface area contributed by atoms with Gasteiger partial charge in [-0.25, -0.2) is 9.97 Å². The summed E-state index contributed by atoms with van der Waals surface area (Å²) in [6.45, 7) is 7.43. The molecular formula is C13H22N4. The van der Waals surface area contributed by atoms with Gasteiger partial charge in [0.15, 0.2) is 0 Å². The van der Waals surface area contributed by atoms with Crippen molar-refractivity contribution in [2.24, 2.45) is 0 Å². The van der Waals surface area contributed by atoms with E-state index in [0.717, 1.165) is 31.3 Å². The average Bonchev–Trinajstić information content (AvgIpc) is 2.37. The minimum absolute atomic E-state index is 0.591. The second-order valence-electron chi connectivity index (χ2n) is 4.74. The molecule has 1 atom stereocenters. The summed E-state index contributed by atoms with van der Waals surface area (Å²) in [5.74, 6) is 0.882. The standard InChI is InChI=1S/C13H22N4/c1-3-7-14-12-5-4-9-17(10-12)13-15-8-6-11(2)16-13/h6,8,12,14H,3-5,7,9-10H2,1-2H3. The van der Waals surface area contributed by atoms with Gasteiger partial charge in [0.2, 0.25) is 5.95 Å². The molecule has 0 aromatic carbocycles. The highest BCUT2D eigenvalue weighted by Crippen LogP contribution is 2.15. The van der Waals surface area contributed by atoms with Crippen LogP contribution in [0, 0.1) is 6.92 Å². The Hall–Kier alpha value is -1.16. The van der Waals surface area contributed by atoms with Gasteiger partial charge in [-0.15, -0.1) is 0 Å². The number of nitrogens with one attached hydrogen (secondary N) is 1. The van der Waals surface area contributed by atoms with Gasteiger partial charge in [-0.05, 0) is 38.8 Å². The van der Waals surface area contributed by atoms with Gasteiger partial charge >= 0.3 is 0 Å². The first kappa shape index (κ1) is 12.3. The second kappa shape index (κ2) is 5.96. The third-order valence-corrected chi connectivity index (χ3v) is 3.17. The predicted octanol–water partition coefficient (Wildman–Crippen LogP) is 1.75. The summed E-state index contributed by atoms with van der Waals surface area (Å²) in [5, 5.41) is 3.59. The molecule has 2 heterocycles. The highest BCUT2D eigenvalue weighted by molar-refractivity contribution is 5.31. The maximum atomic E-state index is 4.50. The lowest BCUT2D eigenvalue weighted by atomic mass is 10.1. The van der Waals surface area contributed by atoms with E-state index in [0.29, 0.717) is 6.04 Å². The molecule has 1 unspecified atom stereocenters. The number of piperidine rings is 1. The van der Waals surface area contributed by atoms with E-state index >= 15 is 0 Å². The van der Waals surface area contributed by atoms with Crippen LogP contribution in [0.4, 0.5) is 5.95 Å². The number of hydrogen-bond donors (Lipinski definition) is 1. The first-order valence-corrected chi connectivity index (χ1v) is 6.57. The van der Waals surface area contributed by atoms with E-state index in [9.17, 15) is 0 Å². The first-order valence-electron chi connectivity index (χ1n) is 6.57. The van der Waals surface area contributed by atoms with Gasteiger partial charge in [0.25, 0.3) is 0 Å². The first-order chi connectivity index (χ1) is 8.29. The molecule has 1 aliphatic heterocycles. The van der Waals surface area contributed by atoms with E-state index in [-0.39, 0.29) is 0 Å². The fourth-order valence-corrected chi connectivity index (χ4v) is 2.26. The molecule has 1 saturated heterocycles. The van der Waals surface area contributed by atoms with Crippen molar-refractivity contribution < 1.29 is 0 Å². The molecule has 2 rings (SSSR count). The van der Waals surface area contributed by atoms with Crippen molar-refractivity contribution in [1.82, 2.24) is 15.3 Å². The number of nitrogens with zero attached hydrogens (tertiary/aromatic N) is 3. The Morgan fingerprint density at radius 2 is 2.41 bits per heavy atom. The van der Waals surface area contributed by atoms with E-state index in [1.807, 2.05) is 19.2 Å². The quantitative estimate of drug-likeness (QED) is 0.862. The summed E-state index contributed by atoms with van der Waals surface area (Å²) in [7, 11) is 0. The van der Waals surface area contributed by atoms with Crippen LogP contribution in [-0.2, 0) is 0 Å². The zero-order chi connectivity index (χ0) is 12.1. The number of hydrogen-bond acceptors (Lipinski definition) is 4. The average molecular weight is 234 g/mol. The molecule has 1 aromatic rings. The molecule has 0 bridgehead atoms. The molecule has 0 aliphatic carbocycles. The van der Waals surface area contributed by atoms with Crippen LogP contribution in [0.15, 0.2) is 12.3 Å². The number of rotatable bonds is 4. The van der Waals surface area contributed by atoms with Crippen LogP contribution in [0.3, 0.4) is 0 Å². The number of aryl methyl sites for hydroxylation is 1. The smallest absolute Gasteiger partial charge is 0.225 e. The molecule has 0 saturated carbocycles. The zero-order valence-electron chi connectivity index (χ0n) is 10.8. The fraction of sp³-hybridized carbons (Fsp3) is 0.692. The van der Waals surface area contributed by atoms with Gasteiger partial charge < -0.3 is 10.2 Å². The SMILES string of the molecule is CCCNC1CCCN(c2nccc(C)n2)C1. The summed E-state index contributed by atoms with van der Waals surface area (Å²) in [4.78, 5) is 11.2. The third-order valence-electron chi connectivity index (χ3n) is 3.17. The zero-order valence-corrected chi connectivity index (χ0v) is 10.8. The molecule has 4 heteroatoms. The van der Waals surface area contributed by atoms with Crippen LogP contribution in [0.1, 0.15) is 31.9 Å². The van der Waals surface area contributed by atoms with E-state index in [1.54, 1.807) is 0 Å². The lowest BCUT2D eigenvalue weighted by Crippen LogP contribution is -2.46. The maximum absolute atomic E-state index is 4.50.